The predicted molar refractivity (Wildman–Crippen MR) is 92.8 cm³/mol. The molecule has 0 amide bonds. The number of hydrogen-bond acceptors (Lipinski definition) is 1. The van der Waals surface area contributed by atoms with Gasteiger partial charge in [0.2, 0.25) is 0 Å². The highest BCUT2D eigenvalue weighted by Gasteiger charge is 2.26. The Balaban J connectivity index is 2.82. The van der Waals surface area contributed by atoms with Crippen LogP contribution < -0.4 is 0 Å². The van der Waals surface area contributed by atoms with Crippen molar-refractivity contribution in [3.63, 3.8) is 0 Å². The number of carboxylic acids is 1. The highest BCUT2D eigenvalue weighted by Crippen LogP contribution is 2.40. The second-order valence-electron chi connectivity index (χ2n) is 6.84. The molecule has 2 nitrogen and oxygen atoms in total. The Hall–Kier alpha value is -1.79. The molecule has 1 aliphatic carbocycles. The van der Waals surface area contributed by atoms with Gasteiger partial charge in [0.15, 0.2) is 0 Å². The quantitative estimate of drug-likeness (QED) is 0.408. The average molecular weight is 300 g/mol. The Morgan fingerprint density at radius 1 is 1.36 bits per heavy atom. The van der Waals surface area contributed by atoms with Crippen molar-refractivity contribution in [3.8, 4) is 0 Å². The van der Waals surface area contributed by atoms with Crippen LogP contribution in [0, 0.1) is 5.41 Å². The molecule has 0 radical (unpaired) electrons. The van der Waals surface area contributed by atoms with E-state index in [9.17, 15) is 4.79 Å². The van der Waals surface area contributed by atoms with Gasteiger partial charge in [0, 0.05) is 6.08 Å². The minimum atomic E-state index is -0.889. The summed E-state index contributed by atoms with van der Waals surface area (Å²) in [5, 5.41) is 8.67. The first-order valence-electron chi connectivity index (χ1n) is 7.92. The van der Waals surface area contributed by atoms with Gasteiger partial charge in [0.1, 0.15) is 0 Å². The zero-order valence-corrected chi connectivity index (χ0v) is 14.5. The second kappa shape index (κ2) is 8.00. The molecule has 0 unspecified atom stereocenters. The van der Waals surface area contributed by atoms with Crippen molar-refractivity contribution in [1.29, 1.82) is 0 Å². The number of aliphatic carboxylic acids is 1. The minimum absolute atomic E-state index is 0.236. The summed E-state index contributed by atoms with van der Waals surface area (Å²) in [5.74, 6) is -0.889. The molecule has 0 bridgehead atoms. The Bertz CT molecular complexity index is 577. The van der Waals surface area contributed by atoms with Crippen molar-refractivity contribution in [3.05, 3.63) is 52.3 Å². The molecule has 1 N–H and O–H groups in total. The van der Waals surface area contributed by atoms with Crippen molar-refractivity contribution in [2.45, 2.75) is 60.3 Å². The molecule has 1 aliphatic rings. The lowest BCUT2D eigenvalue weighted by Crippen LogP contribution is -2.18. The first kappa shape index (κ1) is 18.3. The van der Waals surface area contributed by atoms with Crippen LogP contribution in [0.25, 0.3) is 0 Å². The highest BCUT2D eigenvalue weighted by atomic mass is 16.4. The van der Waals surface area contributed by atoms with E-state index in [0.29, 0.717) is 6.42 Å². The van der Waals surface area contributed by atoms with Gasteiger partial charge in [-0.25, -0.2) is 4.79 Å². The molecule has 0 saturated carbocycles. The fourth-order valence-corrected chi connectivity index (χ4v) is 2.89. The van der Waals surface area contributed by atoms with Crippen LogP contribution in [0.15, 0.2) is 52.3 Å². The largest absolute Gasteiger partial charge is 0.478 e. The van der Waals surface area contributed by atoms with E-state index in [1.807, 2.05) is 26.0 Å². The normalized spacial score (nSPS) is 18.3. The molecule has 0 aromatic carbocycles. The van der Waals surface area contributed by atoms with Crippen LogP contribution in [-0.4, -0.2) is 11.1 Å². The smallest absolute Gasteiger partial charge is 0.328 e. The minimum Gasteiger partial charge on any atom is -0.478 e. The first-order chi connectivity index (χ1) is 10.2. The molecule has 0 spiro atoms. The third-order valence-corrected chi connectivity index (χ3v) is 4.16. The van der Waals surface area contributed by atoms with E-state index in [4.69, 9.17) is 5.11 Å². The third kappa shape index (κ3) is 5.91. The SMILES string of the molecule is CC(=C=CC1=C(C)CCCC1(C)C)C=CCC(C)=CC(=O)O. The summed E-state index contributed by atoms with van der Waals surface area (Å²) in [7, 11) is 0. The van der Waals surface area contributed by atoms with Crippen molar-refractivity contribution in [1.82, 2.24) is 0 Å². The maximum Gasteiger partial charge on any atom is 0.328 e. The van der Waals surface area contributed by atoms with E-state index in [0.717, 1.165) is 11.1 Å². The van der Waals surface area contributed by atoms with Gasteiger partial charge in [0.05, 0.1) is 0 Å². The lowest BCUT2D eigenvalue weighted by atomic mass is 9.73. The van der Waals surface area contributed by atoms with Gasteiger partial charge >= 0.3 is 5.97 Å². The summed E-state index contributed by atoms with van der Waals surface area (Å²) < 4.78 is 0. The van der Waals surface area contributed by atoms with E-state index in [2.05, 4.69) is 32.6 Å². The van der Waals surface area contributed by atoms with E-state index < -0.39 is 5.97 Å². The number of carbonyl (C=O) groups is 1. The summed E-state index contributed by atoms with van der Waals surface area (Å²) in [6, 6.07) is 0. The van der Waals surface area contributed by atoms with Crippen molar-refractivity contribution >= 4 is 5.97 Å². The molecule has 2 heteroatoms. The molecule has 22 heavy (non-hydrogen) atoms. The Morgan fingerprint density at radius 3 is 2.64 bits per heavy atom. The molecular formula is C20H28O2. The van der Waals surface area contributed by atoms with Gasteiger partial charge in [-0.1, -0.05) is 37.1 Å². The molecule has 0 aliphatic heterocycles. The molecule has 0 aromatic heterocycles. The predicted octanol–water partition coefficient (Wildman–Crippen LogP) is 5.59. The van der Waals surface area contributed by atoms with Crippen LogP contribution >= 0.6 is 0 Å². The van der Waals surface area contributed by atoms with Crippen LogP contribution in [0.1, 0.15) is 60.3 Å². The number of rotatable bonds is 5. The lowest BCUT2D eigenvalue weighted by molar-refractivity contribution is -0.131. The average Bonchev–Trinajstić information content (AvgIpc) is 2.36. The topological polar surface area (TPSA) is 37.3 Å². The van der Waals surface area contributed by atoms with E-state index >= 15 is 0 Å². The van der Waals surface area contributed by atoms with Crippen LogP contribution in [0.5, 0.6) is 0 Å². The molecule has 0 atom stereocenters. The van der Waals surface area contributed by atoms with Crippen molar-refractivity contribution in [2.24, 2.45) is 5.41 Å². The van der Waals surface area contributed by atoms with Crippen LogP contribution in [0.4, 0.5) is 0 Å². The fraction of sp³-hybridized carbons (Fsp3) is 0.500. The third-order valence-electron chi connectivity index (χ3n) is 4.16. The van der Waals surface area contributed by atoms with Gasteiger partial charge < -0.3 is 5.11 Å². The van der Waals surface area contributed by atoms with Crippen molar-refractivity contribution in [2.75, 3.05) is 0 Å². The van der Waals surface area contributed by atoms with E-state index in [1.165, 1.54) is 36.5 Å². The monoisotopic (exact) mass is 300 g/mol. The van der Waals surface area contributed by atoms with Gasteiger partial charge in [-0.2, -0.15) is 0 Å². The lowest BCUT2D eigenvalue weighted by Gasteiger charge is -2.32. The van der Waals surface area contributed by atoms with Crippen LogP contribution in [0.2, 0.25) is 0 Å². The van der Waals surface area contributed by atoms with E-state index in [-0.39, 0.29) is 5.41 Å². The summed E-state index contributed by atoms with van der Waals surface area (Å²) >= 11 is 0. The van der Waals surface area contributed by atoms with Gasteiger partial charge in [-0.3, -0.25) is 0 Å². The van der Waals surface area contributed by atoms with Gasteiger partial charge in [-0.05, 0) is 69.1 Å². The van der Waals surface area contributed by atoms with Crippen LogP contribution in [0.3, 0.4) is 0 Å². The van der Waals surface area contributed by atoms with E-state index in [1.54, 1.807) is 0 Å². The molecule has 0 heterocycles. The number of allylic oxidation sites excluding steroid dienone is 6. The molecule has 0 fully saturated rings. The molecule has 1 rings (SSSR count). The Kier molecular flexibility index (Phi) is 6.64. The summed E-state index contributed by atoms with van der Waals surface area (Å²) in [5.41, 5.74) is 8.38. The zero-order valence-electron chi connectivity index (χ0n) is 14.5. The number of carboxylic acid groups (broad SMARTS) is 1. The van der Waals surface area contributed by atoms with Crippen molar-refractivity contribution < 1.29 is 9.90 Å². The second-order valence-corrected chi connectivity index (χ2v) is 6.84. The highest BCUT2D eigenvalue weighted by molar-refractivity contribution is 5.80. The summed E-state index contributed by atoms with van der Waals surface area (Å²) in [4.78, 5) is 10.5. The summed E-state index contributed by atoms with van der Waals surface area (Å²) in [6.07, 6.45) is 11.7. The maximum atomic E-state index is 10.5. The maximum absolute atomic E-state index is 10.5. The number of hydrogen-bond donors (Lipinski definition) is 1. The Morgan fingerprint density at radius 2 is 2.05 bits per heavy atom. The van der Waals surface area contributed by atoms with Gasteiger partial charge in [-0.15, -0.1) is 5.73 Å². The summed E-state index contributed by atoms with van der Waals surface area (Å²) in [6.45, 7) is 10.7. The fourth-order valence-electron chi connectivity index (χ4n) is 2.89. The zero-order chi connectivity index (χ0) is 16.8. The molecule has 0 aromatic rings. The molecular weight excluding hydrogens is 272 g/mol. The molecule has 120 valence electrons. The van der Waals surface area contributed by atoms with Crippen LogP contribution in [-0.2, 0) is 4.79 Å². The molecule has 0 saturated heterocycles. The first-order valence-corrected chi connectivity index (χ1v) is 7.92. The Labute approximate surface area is 134 Å². The standard InChI is InChI=1S/C20H28O2/c1-15(8-6-9-16(2)14-19(21)22)11-12-18-17(3)10-7-13-20(18,4)5/h6,8,12,14H,7,9-10,13H2,1-5H3,(H,21,22). The van der Waals surface area contributed by atoms with Gasteiger partial charge in [0.25, 0.3) is 0 Å².